The lowest BCUT2D eigenvalue weighted by atomic mass is 9.73. The molecule has 1 aliphatic carbocycles. The topological polar surface area (TPSA) is 61.9 Å². The largest absolute Gasteiger partial charge is 0.379 e. The standard InChI is InChI=1S/C15H21BrFN3/c16-14(19)12-5-4-11(17)10-13(12)20-15(7-3-8-15)6-1-2-9-18/h4-5,10,19-20H,1-3,6-9,18H2. The van der Waals surface area contributed by atoms with Gasteiger partial charge in [0.25, 0.3) is 0 Å². The smallest absolute Gasteiger partial charge is 0.125 e. The van der Waals surface area contributed by atoms with E-state index in [0.717, 1.165) is 32.1 Å². The Morgan fingerprint density at radius 3 is 2.70 bits per heavy atom. The molecule has 0 radical (unpaired) electrons. The molecule has 0 atom stereocenters. The number of rotatable bonds is 7. The number of benzene rings is 1. The van der Waals surface area contributed by atoms with E-state index in [1.165, 1.54) is 18.6 Å². The Morgan fingerprint density at radius 1 is 1.40 bits per heavy atom. The summed E-state index contributed by atoms with van der Waals surface area (Å²) in [6.45, 7) is 0.716. The fraction of sp³-hybridized carbons (Fsp3) is 0.533. The van der Waals surface area contributed by atoms with Crippen molar-refractivity contribution in [3.63, 3.8) is 0 Å². The second-order valence-corrected chi connectivity index (χ2v) is 6.30. The maximum atomic E-state index is 13.5. The molecule has 0 bridgehead atoms. The number of nitrogens with two attached hydrogens (primary N) is 1. The lowest BCUT2D eigenvalue weighted by molar-refractivity contribution is 0.253. The Morgan fingerprint density at radius 2 is 2.15 bits per heavy atom. The number of hydrogen-bond donors (Lipinski definition) is 3. The van der Waals surface area contributed by atoms with Gasteiger partial charge in [-0.3, -0.25) is 5.41 Å². The van der Waals surface area contributed by atoms with Crippen molar-refractivity contribution in [2.24, 2.45) is 5.73 Å². The number of anilines is 1. The second-order valence-electron chi connectivity index (χ2n) is 5.51. The Hall–Kier alpha value is -0.940. The molecule has 3 nitrogen and oxygen atoms in total. The average Bonchev–Trinajstić information content (AvgIpc) is 2.35. The van der Waals surface area contributed by atoms with Gasteiger partial charge in [0.2, 0.25) is 0 Å². The van der Waals surface area contributed by atoms with Crippen LogP contribution in [0.2, 0.25) is 0 Å². The van der Waals surface area contributed by atoms with Crippen molar-refractivity contribution in [1.29, 1.82) is 5.41 Å². The molecule has 1 aromatic carbocycles. The van der Waals surface area contributed by atoms with E-state index in [9.17, 15) is 4.39 Å². The molecule has 0 unspecified atom stereocenters. The van der Waals surface area contributed by atoms with Gasteiger partial charge in [-0.05, 0) is 79.2 Å². The molecule has 0 spiro atoms. The Balaban J connectivity index is 2.14. The number of nitrogens with one attached hydrogen (secondary N) is 2. The molecule has 0 aromatic heterocycles. The summed E-state index contributed by atoms with van der Waals surface area (Å²) in [6, 6.07) is 4.51. The first-order valence-electron chi connectivity index (χ1n) is 7.08. The van der Waals surface area contributed by atoms with Gasteiger partial charge < -0.3 is 11.1 Å². The third-order valence-electron chi connectivity index (χ3n) is 4.04. The zero-order chi connectivity index (χ0) is 14.6. The predicted octanol–water partition coefficient (Wildman–Crippen LogP) is 4.01. The first kappa shape index (κ1) is 15.4. The highest BCUT2D eigenvalue weighted by Gasteiger charge is 2.36. The highest BCUT2D eigenvalue weighted by atomic mass is 79.9. The van der Waals surface area contributed by atoms with Crippen LogP contribution in [0.25, 0.3) is 0 Å². The molecule has 0 amide bonds. The van der Waals surface area contributed by atoms with E-state index in [4.69, 9.17) is 11.1 Å². The summed E-state index contributed by atoms with van der Waals surface area (Å²) in [4.78, 5) is 0. The van der Waals surface area contributed by atoms with Crippen molar-refractivity contribution in [2.45, 2.75) is 44.1 Å². The van der Waals surface area contributed by atoms with Crippen LogP contribution in [-0.4, -0.2) is 16.7 Å². The first-order valence-corrected chi connectivity index (χ1v) is 7.88. The average molecular weight is 342 g/mol. The molecule has 5 heteroatoms. The lowest BCUT2D eigenvalue weighted by Gasteiger charge is -2.44. The number of hydrogen-bond acceptors (Lipinski definition) is 3. The summed E-state index contributed by atoms with van der Waals surface area (Å²) < 4.78 is 13.7. The minimum atomic E-state index is -0.276. The van der Waals surface area contributed by atoms with Crippen LogP contribution in [0.15, 0.2) is 18.2 Å². The first-order chi connectivity index (χ1) is 9.56. The second kappa shape index (κ2) is 6.68. The molecule has 4 N–H and O–H groups in total. The van der Waals surface area contributed by atoms with E-state index in [1.54, 1.807) is 6.07 Å². The van der Waals surface area contributed by atoms with Crippen LogP contribution >= 0.6 is 15.9 Å². The van der Waals surface area contributed by atoms with Gasteiger partial charge >= 0.3 is 0 Å². The summed E-state index contributed by atoms with van der Waals surface area (Å²) in [5.41, 5.74) is 7.02. The van der Waals surface area contributed by atoms with Gasteiger partial charge in [-0.25, -0.2) is 4.39 Å². The molecule has 0 heterocycles. The number of unbranched alkanes of at least 4 members (excludes halogenated alkanes) is 1. The van der Waals surface area contributed by atoms with Gasteiger partial charge in [-0.15, -0.1) is 0 Å². The molecule has 0 saturated heterocycles. The van der Waals surface area contributed by atoms with E-state index < -0.39 is 0 Å². The summed E-state index contributed by atoms with van der Waals surface area (Å²) in [6.07, 6.45) is 6.56. The molecule has 2 rings (SSSR count). The molecule has 110 valence electrons. The molecule has 1 aromatic rings. The minimum absolute atomic E-state index is 0.0557. The summed E-state index contributed by atoms with van der Waals surface area (Å²) >= 11 is 3.17. The van der Waals surface area contributed by atoms with Crippen LogP contribution in [0.5, 0.6) is 0 Å². The highest BCUT2D eigenvalue weighted by Crippen LogP contribution is 2.40. The molecule has 1 fully saturated rings. The van der Waals surface area contributed by atoms with Crippen molar-refractivity contribution >= 4 is 26.2 Å². The van der Waals surface area contributed by atoms with Crippen molar-refractivity contribution in [1.82, 2.24) is 0 Å². The molecule has 1 aliphatic rings. The monoisotopic (exact) mass is 341 g/mol. The summed E-state index contributed by atoms with van der Waals surface area (Å²) in [5.74, 6) is -0.276. The Labute approximate surface area is 127 Å². The fourth-order valence-electron chi connectivity index (χ4n) is 2.75. The van der Waals surface area contributed by atoms with Gasteiger partial charge in [-0.2, -0.15) is 0 Å². The third-order valence-corrected chi connectivity index (χ3v) is 4.47. The normalized spacial score (nSPS) is 16.6. The van der Waals surface area contributed by atoms with Gasteiger partial charge in [0.1, 0.15) is 10.4 Å². The maximum Gasteiger partial charge on any atom is 0.125 e. The molecular formula is C15H21BrFN3. The quantitative estimate of drug-likeness (QED) is 0.518. The Bertz CT molecular complexity index is 486. The van der Waals surface area contributed by atoms with Crippen molar-refractivity contribution in [3.8, 4) is 0 Å². The van der Waals surface area contributed by atoms with Crippen molar-refractivity contribution in [3.05, 3.63) is 29.6 Å². The van der Waals surface area contributed by atoms with E-state index >= 15 is 0 Å². The maximum absolute atomic E-state index is 13.5. The van der Waals surface area contributed by atoms with Crippen LogP contribution < -0.4 is 11.1 Å². The zero-order valence-corrected chi connectivity index (χ0v) is 13.1. The van der Waals surface area contributed by atoms with Crippen molar-refractivity contribution in [2.75, 3.05) is 11.9 Å². The van der Waals surface area contributed by atoms with E-state index in [2.05, 4.69) is 21.2 Å². The number of halogens is 2. The van der Waals surface area contributed by atoms with Gasteiger partial charge in [0.05, 0.1) is 0 Å². The van der Waals surface area contributed by atoms with Crippen LogP contribution in [0.3, 0.4) is 0 Å². The fourth-order valence-corrected chi connectivity index (χ4v) is 3.09. The molecule has 1 saturated carbocycles. The van der Waals surface area contributed by atoms with Crippen LogP contribution in [0, 0.1) is 11.2 Å². The van der Waals surface area contributed by atoms with Crippen LogP contribution in [0.1, 0.15) is 44.1 Å². The van der Waals surface area contributed by atoms with Crippen LogP contribution in [-0.2, 0) is 0 Å². The third kappa shape index (κ3) is 3.58. The molecule has 0 aliphatic heterocycles. The van der Waals surface area contributed by atoms with Gasteiger partial charge in [0, 0.05) is 16.8 Å². The van der Waals surface area contributed by atoms with Crippen molar-refractivity contribution < 1.29 is 4.39 Å². The van der Waals surface area contributed by atoms with Crippen LogP contribution in [0.4, 0.5) is 10.1 Å². The Kier molecular flexibility index (Phi) is 5.16. The summed E-state index contributed by atoms with van der Waals surface area (Å²) in [7, 11) is 0. The van der Waals surface area contributed by atoms with E-state index in [0.29, 0.717) is 17.8 Å². The summed E-state index contributed by atoms with van der Waals surface area (Å²) in [5, 5.41) is 11.2. The van der Waals surface area contributed by atoms with E-state index in [-0.39, 0.29) is 16.0 Å². The highest BCUT2D eigenvalue weighted by molar-refractivity contribution is 9.18. The lowest BCUT2D eigenvalue weighted by Crippen LogP contribution is -2.45. The minimum Gasteiger partial charge on any atom is -0.379 e. The molecular weight excluding hydrogens is 321 g/mol. The van der Waals surface area contributed by atoms with Gasteiger partial charge in [-0.1, -0.05) is 0 Å². The van der Waals surface area contributed by atoms with E-state index in [1.807, 2.05) is 0 Å². The predicted molar refractivity (Wildman–Crippen MR) is 85.3 cm³/mol. The molecule has 20 heavy (non-hydrogen) atoms. The zero-order valence-electron chi connectivity index (χ0n) is 11.5. The van der Waals surface area contributed by atoms with Gasteiger partial charge in [0.15, 0.2) is 0 Å². The SMILES string of the molecule is N=C(Br)c1ccc(F)cc1NC1(CCCCN)CCC1.